The number of nitrogens with one attached hydrogen (secondary N) is 2. The maximum absolute atomic E-state index is 12.6. The van der Waals surface area contributed by atoms with Crippen molar-refractivity contribution < 1.29 is 18.7 Å². The van der Waals surface area contributed by atoms with Crippen molar-refractivity contribution in [2.45, 2.75) is 32.4 Å². The summed E-state index contributed by atoms with van der Waals surface area (Å²) < 4.78 is 10.5. The van der Waals surface area contributed by atoms with Gasteiger partial charge in [0.05, 0.1) is 19.9 Å². The van der Waals surface area contributed by atoms with E-state index in [4.69, 9.17) is 9.15 Å². The highest BCUT2D eigenvalue weighted by Crippen LogP contribution is 2.30. The zero-order valence-corrected chi connectivity index (χ0v) is 15.8. The molecule has 2 N–H and O–H groups in total. The van der Waals surface area contributed by atoms with Crippen LogP contribution < -0.4 is 10.1 Å². The van der Waals surface area contributed by atoms with Crippen molar-refractivity contribution in [1.82, 2.24) is 15.2 Å². The van der Waals surface area contributed by atoms with Crippen molar-refractivity contribution >= 4 is 22.7 Å². The predicted octanol–water partition coefficient (Wildman–Crippen LogP) is 2.75. The van der Waals surface area contributed by atoms with E-state index in [0.29, 0.717) is 25.4 Å². The quantitative estimate of drug-likeness (QED) is 0.687. The summed E-state index contributed by atoms with van der Waals surface area (Å²) in [6.45, 7) is 1.55. The molecule has 146 valence electrons. The first-order valence-electron chi connectivity index (χ1n) is 9.38. The molecular weight excluding hydrogens is 358 g/mol. The third-order valence-corrected chi connectivity index (χ3v) is 5.14. The lowest BCUT2D eigenvalue weighted by Crippen LogP contribution is -2.36. The molecule has 3 aromatic rings. The van der Waals surface area contributed by atoms with Gasteiger partial charge in [0.1, 0.15) is 11.5 Å². The summed E-state index contributed by atoms with van der Waals surface area (Å²) in [5.74, 6) is 1.33. The standard InChI is InChI=1S/C21H23N3O4/c1-27-14-4-5-18-16(11-14)17-13-24(9-8-19(17)23-18)21(26)7-6-20(25)22-12-15-3-2-10-28-15/h2-5,10-11,23H,6-9,12-13H2,1H3,(H,22,25). The molecule has 7 nitrogen and oxygen atoms in total. The maximum atomic E-state index is 12.6. The minimum atomic E-state index is -0.153. The number of rotatable bonds is 6. The lowest BCUT2D eigenvalue weighted by atomic mass is 10.0. The van der Waals surface area contributed by atoms with Crippen LogP contribution in [-0.2, 0) is 29.1 Å². The Morgan fingerprint density at radius 3 is 2.96 bits per heavy atom. The first-order valence-corrected chi connectivity index (χ1v) is 9.38. The van der Waals surface area contributed by atoms with Crippen LogP contribution in [0.5, 0.6) is 5.75 Å². The summed E-state index contributed by atoms with van der Waals surface area (Å²) in [7, 11) is 1.65. The monoisotopic (exact) mass is 381 g/mol. The molecule has 0 fully saturated rings. The number of H-pyrrole nitrogens is 1. The van der Waals surface area contributed by atoms with Crippen molar-refractivity contribution in [3.05, 3.63) is 53.6 Å². The molecular formula is C21H23N3O4. The second-order valence-corrected chi connectivity index (χ2v) is 6.92. The predicted molar refractivity (Wildman–Crippen MR) is 104 cm³/mol. The van der Waals surface area contributed by atoms with Crippen LogP contribution >= 0.6 is 0 Å². The number of benzene rings is 1. The van der Waals surface area contributed by atoms with Crippen molar-refractivity contribution in [2.75, 3.05) is 13.7 Å². The van der Waals surface area contributed by atoms with Crippen LogP contribution in [0.1, 0.15) is 29.9 Å². The van der Waals surface area contributed by atoms with Gasteiger partial charge in [0.15, 0.2) is 0 Å². The van der Waals surface area contributed by atoms with Crippen molar-refractivity contribution in [3.63, 3.8) is 0 Å². The molecule has 1 aliphatic rings. The summed E-state index contributed by atoms with van der Waals surface area (Å²) in [4.78, 5) is 29.9. The molecule has 0 saturated heterocycles. The largest absolute Gasteiger partial charge is 0.497 e. The number of methoxy groups -OCH3 is 1. The number of ether oxygens (including phenoxy) is 1. The summed E-state index contributed by atoms with van der Waals surface area (Å²) in [6, 6.07) is 9.50. The lowest BCUT2D eigenvalue weighted by molar-refractivity contribution is -0.134. The van der Waals surface area contributed by atoms with Crippen molar-refractivity contribution in [2.24, 2.45) is 0 Å². The Balaban J connectivity index is 1.35. The van der Waals surface area contributed by atoms with Gasteiger partial charge in [0.2, 0.25) is 11.8 Å². The van der Waals surface area contributed by atoms with Crippen molar-refractivity contribution in [3.8, 4) is 5.75 Å². The fourth-order valence-electron chi connectivity index (χ4n) is 3.60. The smallest absolute Gasteiger partial charge is 0.223 e. The average Bonchev–Trinajstić information content (AvgIpc) is 3.37. The number of nitrogens with zero attached hydrogens (tertiary/aromatic N) is 1. The number of aromatic nitrogens is 1. The molecule has 2 amide bonds. The number of furan rings is 1. The molecule has 0 atom stereocenters. The molecule has 7 heteroatoms. The van der Waals surface area contributed by atoms with Gasteiger partial charge in [-0.2, -0.15) is 0 Å². The number of hydrogen-bond acceptors (Lipinski definition) is 4. The van der Waals surface area contributed by atoms with E-state index >= 15 is 0 Å². The van der Waals surface area contributed by atoms with E-state index in [1.54, 1.807) is 25.5 Å². The zero-order chi connectivity index (χ0) is 19.5. The second-order valence-electron chi connectivity index (χ2n) is 6.92. The molecule has 0 aliphatic carbocycles. The number of amides is 2. The summed E-state index contributed by atoms with van der Waals surface area (Å²) in [5.41, 5.74) is 3.36. The molecule has 3 heterocycles. The zero-order valence-electron chi connectivity index (χ0n) is 15.8. The molecule has 0 unspecified atom stereocenters. The van der Waals surface area contributed by atoms with Gasteiger partial charge in [-0.1, -0.05) is 0 Å². The van der Waals surface area contributed by atoms with E-state index < -0.39 is 0 Å². The van der Waals surface area contributed by atoms with Gasteiger partial charge < -0.3 is 24.4 Å². The second kappa shape index (κ2) is 7.80. The van der Waals surface area contributed by atoms with Crippen LogP contribution in [0.4, 0.5) is 0 Å². The Hall–Kier alpha value is -3.22. The highest BCUT2D eigenvalue weighted by Gasteiger charge is 2.24. The highest BCUT2D eigenvalue weighted by atomic mass is 16.5. The summed E-state index contributed by atoms with van der Waals surface area (Å²) in [5, 5.41) is 3.86. The third kappa shape index (κ3) is 3.74. The van der Waals surface area contributed by atoms with Crippen LogP contribution in [0.2, 0.25) is 0 Å². The molecule has 0 radical (unpaired) electrons. The fourth-order valence-corrected chi connectivity index (χ4v) is 3.60. The number of carbonyl (C=O) groups is 2. The normalized spacial score (nSPS) is 13.4. The van der Waals surface area contributed by atoms with E-state index in [2.05, 4.69) is 10.3 Å². The number of fused-ring (bicyclic) bond motifs is 3. The molecule has 1 aliphatic heterocycles. The molecule has 0 saturated carbocycles. The lowest BCUT2D eigenvalue weighted by Gasteiger charge is -2.27. The minimum absolute atomic E-state index is 0.00366. The first kappa shape index (κ1) is 18.2. The van der Waals surface area contributed by atoms with E-state index in [1.165, 1.54) is 5.69 Å². The Kier molecular flexibility index (Phi) is 5.06. The van der Waals surface area contributed by atoms with Gasteiger partial charge in [0.25, 0.3) is 0 Å². The minimum Gasteiger partial charge on any atom is -0.497 e. The first-order chi connectivity index (χ1) is 13.6. The highest BCUT2D eigenvalue weighted by molar-refractivity contribution is 5.88. The van der Waals surface area contributed by atoms with Gasteiger partial charge in [-0.3, -0.25) is 9.59 Å². The molecule has 28 heavy (non-hydrogen) atoms. The molecule has 0 spiro atoms. The maximum Gasteiger partial charge on any atom is 0.223 e. The Labute approximate surface area is 162 Å². The van der Waals surface area contributed by atoms with Gasteiger partial charge in [-0.25, -0.2) is 0 Å². The number of carbonyl (C=O) groups excluding carboxylic acids is 2. The number of hydrogen-bond donors (Lipinski definition) is 2. The Bertz CT molecular complexity index is 991. The van der Waals surface area contributed by atoms with Crippen LogP contribution in [0.15, 0.2) is 41.0 Å². The summed E-state index contributed by atoms with van der Waals surface area (Å²) >= 11 is 0. The van der Waals surface area contributed by atoms with Crippen LogP contribution in [-0.4, -0.2) is 35.4 Å². The van der Waals surface area contributed by atoms with E-state index in [9.17, 15) is 9.59 Å². The summed E-state index contributed by atoms with van der Waals surface area (Å²) in [6.07, 6.45) is 2.72. The third-order valence-electron chi connectivity index (χ3n) is 5.14. The van der Waals surface area contributed by atoms with Gasteiger partial charge in [0, 0.05) is 54.5 Å². The van der Waals surface area contributed by atoms with E-state index in [0.717, 1.165) is 28.6 Å². The molecule has 2 aromatic heterocycles. The Morgan fingerprint density at radius 2 is 2.18 bits per heavy atom. The van der Waals surface area contributed by atoms with Crippen LogP contribution in [0, 0.1) is 0 Å². The molecule has 4 rings (SSSR count). The van der Waals surface area contributed by atoms with Gasteiger partial charge in [-0.05, 0) is 30.3 Å². The van der Waals surface area contributed by atoms with Crippen molar-refractivity contribution in [1.29, 1.82) is 0 Å². The van der Waals surface area contributed by atoms with Gasteiger partial charge in [-0.15, -0.1) is 0 Å². The van der Waals surface area contributed by atoms with E-state index in [-0.39, 0.29) is 24.7 Å². The number of aromatic amines is 1. The molecule has 0 bridgehead atoms. The van der Waals surface area contributed by atoms with Crippen LogP contribution in [0.25, 0.3) is 10.9 Å². The van der Waals surface area contributed by atoms with Gasteiger partial charge >= 0.3 is 0 Å². The molecule has 1 aromatic carbocycles. The Morgan fingerprint density at radius 1 is 1.29 bits per heavy atom. The average molecular weight is 381 g/mol. The van der Waals surface area contributed by atoms with Crippen LogP contribution in [0.3, 0.4) is 0 Å². The SMILES string of the molecule is COc1ccc2[nH]c3c(c2c1)CN(C(=O)CCC(=O)NCc1ccco1)CC3. The van der Waals surface area contributed by atoms with E-state index in [1.807, 2.05) is 23.1 Å². The fraction of sp³-hybridized carbons (Fsp3) is 0.333. The topological polar surface area (TPSA) is 87.6 Å².